The van der Waals surface area contributed by atoms with E-state index in [1.54, 1.807) is 35.1 Å². The molecule has 0 spiro atoms. The number of rotatable bonds is 6. The molecular formula is C34H30Cl3N3O3. The van der Waals surface area contributed by atoms with Crippen LogP contribution in [0.4, 0.5) is 16.2 Å². The molecule has 0 aliphatic carbocycles. The van der Waals surface area contributed by atoms with Gasteiger partial charge in [0.05, 0.1) is 35.1 Å². The van der Waals surface area contributed by atoms with Crippen molar-refractivity contribution in [3.05, 3.63) is 111 Å². The summed E-state index contributed by atoms with van der Waals surface area (Å²) in [5.74, 6) is 0.912. The zero-order valence-electron chi connectivity index (χ0n) is 23.6. The summed E-state index contributed by atoms with van der Waals surface area (Å²) in [4.78, 5) is 30.1. The summed E-state index contributed by atoms with van der Waals surface area (Å²) in [5.41, 5.74) is 5.86. The molecule has 1 unspecified atom stereocenters. The lowest BCUT2D eigenvalue weighted by Gasteiger charge is -2.39. The Hall–Kier alpha value is -3.71. The number of halogens is 3. The number of hydrogen-bond acceptors (Lipinski definition) is 3. The first-order chi connectivity index (χ1) is 20.8. The van der Waals surface area contributed by atoms with Gasteiger partial charge in [-0.2, -0.15) is 0 Å². The first kappa shape index (κ1) is 29.4. The third-order valence-electron chi connectivity index (χ3n) is 8.16. The minimum Gasteiger partial charge on any atom is -0.497 e. The number of hydrogen-bond donors (Lipinski definition) is 1. The molecule has 1 saturated heterocycles. The fourth-order valence-electron chi connectivity index (χ4n) is 5.95. The van der Waals surface area contributed by atoms with E-state index in [2.05, 4.69) is 17.4 Å². The Morgan fingerprint density at radius 2 is 1.58 bits per heavy atom. The van der Waals surface area contributed by atoms with Crippen molar-refractivity contribution in [3.8, 4) is 16.9 Å². The molecule has 43 heavy (non-hydrogen) atoms. The third kappa shape index (κ3) is 5.92. The first-order valence-electron chi connectivity index (χ1n) is 14.2. The molecule has 2 aliphatic heterocycles. The first-order valence-corrected chi connectivity index (χ1v) is 15.3. The second kappa shape index (κ2) is 12.5. The predicted molar refractivity (Wildman–Crippen MR) is 173 cm³/mol. The van der Waals surface area contributed by atoms with Crippen molar-refractivity contribution in [1.29, 1.82) is 0 Å². The largest absolute Gasteiger partial charge is 0.497 e. The van der Waals surface area contributed by atoms with Crippen molar-refractivity contribution >= 4 is 58.1 Å². The highest BCUT2D eigenvalue weighted by atomic mass is 35.5. The molecule has 6 rings (SSSR count). The van der Waals surface area contributed by atoms with Gasteiger partial charge in [0.1, 0.15) is 5.75 Å². The maximum Gasteiger partial charge on any atom is 0.329 e. The molecule has 4 aromatic carbocycles. The van der Waals surface area contributed by atoms with Gasteiger partial charge in [0.2, 0.25) is 5.91 Å². The number of anilines is 2. The fourth-order valence-corrected chi connectivity index (χ4v) is 6.76. The summed E-state index contributed by atoms with van der Waals surface area (Å²) >= 11 is 20.3. The molecule has 9 heteroatoms. The van der Waals surface area contributed by atoms with Crippen LogP contribution in [0.3, 0.4) is 0 Å². The summed E-state index contributed by atoms with van der Waals surface area (Å²) in [7, 11) is 1.62. The highest BCUT2D eigenvalue weighted by Gasteiger charge is 2.36. The Balaban J connectivity index is 1.56. The van der Waals surface area contributed by atoms with Gasteiger partial charge in [-0.15, -0.1) is 0 Å². The maximum atomic E-state index is 14.5. The van der Waals surface area contributed by atoms with Crippen LogP contribution in [0, 0.1) is 0 Å². The van der Waals surface area contributed by atoms with E-state index in [9.17, 15) is 9.59 Å². The normalized spacial score (nSPS) is 16.9. The van der Waals surface area contributed by atoms with Crippen LogP contribution in [0.25, 0.3) is 11.1 Å². The van der Waals surface area contributed by atoms with Crippen LogP contribution in [-0.4, -0.2) is 30.5 Å². The SMILES string of the molecule is COc1ccc(CN2Cc3c(-c4ccccc4Cl)cc(C4CCNC(=O)CC4)cc3N(c3c(Cl)cccc3Cl)C2=O)cc1. The van der Waals surface area contributed by atoms with Gasteiger partial charge in [-0.1, -0.05) is 77.3 Å². The molecule has 2 heterocycles. The van der Waals surface area contributed by atoms with E-state index < -0.39 is 0 Å². The lowest BCUT2D eigenvalue weighted by molar-refractivity contribution is -0.120. The number of carbonyl (C=O) groups is 2. The van der Waals surface area contributed by atoms with E-state index >= 15 is 0 Å². The maximum absolute atomic E-state index is 14.5. The zero-order valence-corrected chi connectivity index (χ0v) is 25.8. The molecule has 0 radical (unpaired) electrons. The Morgan fingerprint density at radius 3 is 2.30 bits per heavy atom. The van der Waals surface area contributed by atoms with Crippen LogP contribution in [0.1, 0.15) is 41.9 Å². The number of ether oxygens (including phenoxy) is 1. The van der Waals surface area contributed by atoms with Gasteiger partial charge in [0.25, 0.3) is 0 Å². The number of carbonyl (C=O) groups excluding carboxylic acids is 2. The van der Waals surface area contributed by atoms with Crippen molar-refractivity contribution in [2.45, 2.75) is 38.3 Å². The molecule has 220 valence electrons. The second-order valence-corrected chi connectivity index (χ2v) is 12.0. The Kier molecular flexibility index (Phi) is 8.53. The van der Waals surface area contributed by atoms with Gasteiger partial charge in [-0.3, -0.25) is 9.69 Å². The van der Waals surface area contributed by atoms with Crippen molar-refractivity contribution in [3.63, 3.8) is 0 Å². The molecule has 0 aromatic heterocycles. The Bertz CT molecular complexity index is 1670. The second-order valence-electron chi connectivity index (χ2n) is 10.8. The summed E-state index contributed by atoms with van der Waals surface area (Å²) in [6, 6.07) is 24.6. The lowest BCUT2D eigenvalue weighted by atomic mass is 9.86. The highest BCUT2D eigenvalue weighted by molar-refractivity contribution is 6.40. The molecule has 2 aliphatic rings. The number of nitrogens with one attached hydrogen (secondary N) is 1. The number of para-hydroxylation sites is 1. The monoisotopic (exact) mass is 633 g/mol. The minimum absolute atomic E-state index is 0.0561. The molecule has 1 N–H and O–H groups in total. The van der Waals surface area contributed by atoms with Crippen molar-refractivity contribution in [1.82, 2.24) is 10.2 Å². The number of urea groups is 1. The minimum atomic E-state index is -0.238. The number of methoxy groups -OCH3 is 1. The summed E-state index contributed by atoms with van der Waals surface area (Å²) < 4.78 is 5.33. The van der Waals surface area contributed by atoms with Gasteiger partial charge in [0, 0.05) is 35.7 Å². The molecule has 1 atom stereocenters. The quantitative estimate of drug-likeness (QED) is 0.230. The van der Waals surface area contributed by atoms with Gasteiger partial charge in [-0.05, 0) is 71.8 Å². The van der Waals surface area contributed by atoms with E-state index in [1.807, 2.05) is 48.5 Å². The third-order valence-corrected chi connectivity index (χ3v) is 9.10. The molecule has 0 saturated carbocycles. The topological polar surface area (TPSA) is 61.9 Å². The zero-order chi connectivity index (χ0) is 30.1. The summed E-state index contributed by atoms with van der Waals surface area (Å²) in [5, 5.41) is 4.33. The molecule has 3 amide bonds. The molecule has 4 aromatic rings. The van der Waals surface area contributed by atoms with E-state index in [-0.39, 0.29) is 17.9 Å². The van der Waals surface area contributed by atoms with Gasteiger partial charge < -0.3 is 15.0 Å². The van der Waals surface area contributed by atoms with E-state index in [0.29, 0.717) is 58.9 Å². The predicted octanol–water partition coefficient (Wildman–Crippen LogP) is 8.98. The number of fused-ring (bicyclic) bond motifs is 1. The summed E-state index contributed by atoms with van der Waals surface area (Å²) in [6.45, 7) is 1.31. The van der Waals surface area contributed by atoms with Crippen molar-refractivity contribution in [2.75, 3.05) is 18.6 Å². The molecule has 6 nitrogen and oxygen atoms in total. The van der Waals surface area contributed by atoms with E-state index in [1.165, 1.54) is 0 Å². The average molecular weight is 635 g/mol. The van der Waals surface area contributed by atoms with Crippen molar-refractivity contribution < 1.29 is 14.3 Å². The van der Waals surface area contributed by atoms with E-state index in [4.69, 9.17) is 39.5 Å². The Morgan fingerprint density at radius 1 is 0.860 bits per heavy atom. The fraction of sp³-hybridized carbons (Fsp3) is 0.235. The van der Waals surface area contributed by atoms with Gasteiger partial charge in [0.15, 0.2) is 0 Å². The van der Waals surface area contributed by atoms with Gasteiger partial charge in [-0.25, -0.2) is 4.79 Å². The highest BCUT2D eigenvalue weighted by Crippen LogP contribution is 2.48. The summed E-state index contributed by atoms with van der Waals surface area (Å²) in [6.07, 6.45) is 1.94. The number of nitrogens with zero attached hydrogens (tertiary/aromatic N) is 2. The van der Waals surface area contributed by atoms with Gasteiger partial charge >= 0.3 is 6.03 Å². The standard InChI is InChI=1S/C34H30Cl3N3O3/c1-43-24-12-9-21(10-13-24)19-39-20-27-26(25-5-2-3-6-28(25)35)17-23(22-11-14-32(41)38-16-15-22)18-31(27)40(34(39)42)33-29(36)7-4-8-30(33)37/h2-10,12-13,17-18,22H,11,14-16,19-20H2,1H3,(H,38,41). The molecule has 0 bridgehead atoms. The van der Waals surface area contributed by atoms with Crippen LogP contribution in [-0.2, 0) is 17.9 Å². The Labute approximate surface area is 266 Å². The number of amides is 3. The van der Waals surface area contributed by atoms with E-state index in [0.717, 1.165) is 40.0 Å². The van der Waals surface area contributed by atoms with Crippen LogP contribution in [0.2, 0.25) is 15.1 Å². The van der Waals surface area contributed by atoms with Crippen molar-refractivity contribution in [2.24, 2.45) is 0 Å². The lowest BCUT2D eigenvalue weighted by Crippen LogP contribution is -2.44. The van der Waals surface area contributed by atoms with Crippen LogP contribution >= 0.6 is 34.8 Å². The molecule has 1 fully saturated rings. The van der Waals surface area contributed by atoms with Crippen LogP contribution < -0.4 is 15.0 Å². The van der Waals surface area contributed by atoms with Crippen LogP contribution in [0.15, 0.2) is 78.9 Å². The smallest absolute Gasteiger partial charge is 0.329 e. The van der Waals surface area contributed by atoms with Crippen LogP contribution in [0.5, 0.6) is 5.75 Å². The number of benzene rings is 4. The molecular weight excluding hydrogens is 605 g/mol. The average Bonchev–Trinajstić information content (AvgIpc) is 3.23.